The number of aryl methyl sites for hydroxylation is 1. The van der Waals surface area contributed by atoms with E-state index in [-0.39, 0.29) is 0 Å². The summed E-state index contributed by atoms with van der Waals surface area (Å²) >= 11 is 0. The van der Waals surface area contributed by atoms with Crippen molar-refractivity contribution < 1.29 is 0 Å². The van der Waals surface area contributed by atoms with Crippen LogP contribution in [0.4, 0.5) is 11.6 Å². The third-order valence-corrected chi connectivity index (χ3v) is 5.94. The molecule has 1 fully saturated rings. The van der Waals surface area contributed by atoms with E-state index in [1.165, 1.54) is 10.9 Å². The summed E-state index contributed by atoms with van der Waals surface area (Å²) in [6.45, 7) is 5.90. The second kappa shape index (κ2) is 9.83. The predicted molar refractivity (Wildman–Crippen MR) is 138 cm³/mol. The van der Waals surface area contributed by atoms with Crippen molar-refractivity contribution >= 4 is 28.5 Å². The second-order valence-corrected chi connectivity index (χ2v) is 8.46. The van der Waals surface area contributed by atoms with Crippen molar-refractivity contribution in [3.8, 4) is 11.1 Å². The SMILES string of the molecule is C=Cc1ccnc(N2CC(N(C)C)C2)c1.CNc1cc2cc(-c3cnn(C)c3)ccc2cn1. The zero-order valence-electron chi connectivity index (χ0n) is 19.7. The average molecular weight is 442 g/mol. The number of fused-ring (bicyclic) bond motifs is 1. The van der Waals surface area contributed by atoms with Crippen LogP contribution in [0, 0.1) is 0 Å². The Morgan fingerprint density at radius 3 is 2.52 bits per heavy atom. The van der Waals surface area contributed by atoms with Gasteiger partial charge in [-0.2, -0.15) is 5.10 Å². The number of likely N-dealkylation sites (N-methyl/N-ethyl adjacent to an activating group) is 1. The molecular formula is C26H31N7. The number of aromatic nitrogens is 4. The van der Waals surface area contributed by atoms with Gasteiger partial charge >= 0.3 is 0 Å². The smallest absolute Gasteiger partial charge is 0.129 e. The van der Waals surface area contributed by atoms with E-state index in [0.29, 0.717) is 6.04 Å². The lowest BCUT2D eigenvalue weighted by molar-refractivity contribution is 0.246. The molecule has 170 valence electrons. The van der Waals surface area contributed by atoms with Crippen molar-refractivity contribution in [3.05, 3.63) is 73.3 Å². The van der Waals surface area contributed by atoms with Gasteiger partial charge in [-0.1, -0.05) is 24.8 Å². The van der Waals surface area contributed by atoms with Crippen molar-refractivity contribution in [1.29, 1.82) is 0 Å². The molecule has 4 heterocycles. The molecule has 0 saturated carbocycles. The van der Waals surface area contributed by atoms with Gasteiger partial charge in [0.1, 0.15) is 11.6 Å². The van der Waals surface area contributed by atoms with Crippen LogP contribution < -0.4 is 10.2 Å². The summed E-state index contributed by atoms with van der Waals surface area (Å²) in [4.78, 5) is 13.2. The lowest BCUT2D eigenvalue weighted by Gasteiger charge is -2.43. The molecule has 0 aliphatic carbocycles. The summed E-state index contributed by atoms with van der Waals surface area (Å²) in [5.41, 5.74) is 3.43. The van der Waals surface area contributed by atoms with Crippen LogP contribution in [0.25, 0.3) is 28.0 Å². The van der Waals surface area contributed by atoms with Crippen molar-refractivity contribution in [2.24, 2.45) is 7.05 Å². The molecule has 1 aromatic carbocycles. The summed E-state index contributed by atoms with van der Waals surface area (Å²) in [7, 11) is 8.04. The maximum absolute atomic E-state index is 4.36. The van der Waals surface area contributed by atoms with Crippen molar-refractivity contribution in [2.75, 3.05) is 44.4 Å². The van der Waals surface area contributed by atoms with E-state index in [2.05, 4.69) is 81.2 Å². The third-order valence-electron chi connectivity index (χ3n) is 5.94. The molecule has 0 unspecified atom stereocenters. The van der Waals surface area contributed by atoms with E-state index in [9.17, 15) is 0 Å². The Kier molecular flexibility index (Phi) is 6.70. The first-order chi connectivity index (χ1) is 16.0. The zero-order valence-corrected chi connectivity index (χ0v) is 19.7. The highest BCUT2D eigenvalue weighted by Gasteiger charge is 2.28. The number of hydrogen-bond donors (Lipinski definition) is 1. The van der Waals surface area contributed by atoms with E-state index in [1.807, 2.05) is 55.7 Å². The van der Waals surface area contributed by atoms with Gasteiger partial charge in [0.25, 0.3) is 0 Å². The Morgan fingerprint density at radius 1 is 1.03 bits per heavy atom. The molecule has 1 saturated heterocycles. The first-order valence-corrected chi connectivity index (χ1v) is 11.0. The molecule has 33 heavy (non-hydrogen) atoms. The van der Waals surface area contributed by atoms with Crippen molar-refractivity contribution in [1.82, 2.24) is 24.6 Å². The van der Waals surface area contributed by atoms with Crippen LogP contribution in [0.15, 0.2) is 67.8 Å². The number of nitrogens with one attached hydrogen (secondary N) is 1. The Morgan fingerprint density at radius 2 is 1.85 bits per heavy atom. The molecule has 7 heteroatoms. The Hall–Kier alpha value is -3.71. The summed E-state index contributed by atoms with van der Waals surface area (Å²) in [6.07, 6.45) is 9.47. The maximum atomic E-state index is 4.36. The minimum absolute atomic E-state index is 0.666. The Balaban J connectivity index is 0.000000160. The first-order valence-electron chi connectivity index (χ1n) is 11.0. The van der Waals surface area contributed by atoms with E-state index in [1.54, 1.807) is 0 Å². The van der Waals surface area contributed by atoms with Crippen LogP contribution in [0.2, 0.25) is 0 Å². The quantitative estimate of drug-likeness (QED) is 0.502. The molecule has 0 spiro atoms. The molecule has 0 bridgehead atoms. The van der Waals surface area contributed by atoms with E-state index >= 15 is 0 Å². The summed E-state index contributed by atoms with van der Waals surface area (Å²) < 4.78 is 1.81. The lowest BCUT2D eigenvalue weighted by atomic mass is 10.1. The molecule has 0 amide bonds. The molecule has 5 rings (SSSR count). The topological polar surface area (TPSA) is 62.1 Å². The van der Waals surface area contributed by atoms with E-state index < -0.39 is 0 Å². The fourth-order valence-electron chi connectivity index (χ4n) is 3.73. The van der Waals surface area contributed by atoms with Gasteiger partial charge in [-0.3, -0.25) is 4.68 Å². The molecule has 0 atom stereocenters. The number of benzene rings is 1. The van der Waals surface area contributed by atoms with Gasteiger partial charge in [0.15, 0.2) is 0 Å². The number of anilines is 2. The minimum atomic E-state index is 0.666. The van der Waals surface area contributed by atoms with E-state index in [0.717, 1.165) is 41.2 Å². The largest absolute Gasteiger partial charge is 0.373 e. The molecular weight excluding hydrogens is 410 g/mol. The summed E-state index contributed by atoms with van der Waals surface area (Å²) in [6, 6.07) is 13.1. The third kappa shape index (κ3) is 5.21. The standard InChI is InChI=1S/C14H14N4.C12H17N3/c1-15-14-6-12-5-10(3-4-11(12)7-16-14)13-8-17-18(2)9-13;1-4-10-5-6-13-12(7-10)15-8-11(9-15)14(2)3/h3-9H,1-2H3,(H,15,16);4-7,11H,1,8-9H2,2-3H3. The lowest BCUT2D eigenvalue weighted by Crippen LogP contribution is -2.57. The zero-order chi connectivity index (χ0) is 23.4. The maximum Gasteiger partial charge on any atom is 0.129 e. The van der Waals surface area contributed by atoms with Gasteiger partial charge in [0.2, 0.25) is 0 Å². The Bertz CT molecular complexity index is 1240. The average Bonchev–Trinajstić information content (AvgIpc) is 3.24. The van der Waals surface area contributed by atoms with Crippen molar-refractivity contribution in [2.45, 2.75) is 6.04 Å². The monoisotopic (exact) mass is 441 g/mol. The number of pyridine rings is 2. The molecule has 0 radical (unpaired) electrons. The first kappa shape index (κ1) is 22.5. The van der Waals surface area contributed by atoms with Crippen LogP contribution in [0.1, 0.15) is 5.56 Å². The van der Waals surface area contributed by atoms with Gasteiger partial charge in [0, 0.05) is 62.8 Å². The van der Waals surface area contributed by atoms with Crippen LogP contribution >= 0.6 is 0 Å². The number of rotatable bonds is 5. The summed E-state index contributed by atoms with van der Waals surface area (Å²) in [5.74, 6) is 1.94. The highest BCUT2D eigenvalue weighted by atomic mass is 15.3. The van der Waals surface area contributed by atoms with Gasteiger partial charge < -0.3 is 15.1 Å². The molecule has 1 aliphatic heterocycles. The van der Waals surface area contributed by atoms with Crippen LogP contribution in [0.3, 0.4) is 0 Å². The highest BCUT2D eigenvalue weighted by Crippen LogP contribution is 2.25. The van der Waals surface area contributed by atoms with Gasteiger partial charge in [-0.15, -0.1) is 0 Å². The van der Waals surface area contributed by atoms with Crippen LogP contribution in [-0.2, 0) is 7.05 Å². The predicted octanol–water partition coefficient (Wildman–Crippen LogP) is 4.15. The fraction of sp³-hybridized carbons (Fsp3) is 0.269. The molecule has 3 aromatic heterocycles. The van der Waals surface area contributed by atoms with Crippen LogP contribution in [-0.4, -0.2) is 64.9 Å². The number of nitrogens with zero attached hydrogens (tertiary/aromatic N) is 6. The highest BCUT2D eigenvalue weighted by molar-refractivity contribution is 5.88. The van der Waals surface area contributed by atoms with Gasteiger partial charge in [-0.25, -0.2) is 9.97 Å². The summed E-state index contributed by atoms with van der Waals surface area (Å²) in [5, 5.41) is 9.57. The minimum Gasteiger partial charge on any atom is -0.373 e. The van der Waals surface area contributed by atoms with Crippen molar-refractivity contribution in [3.63, 3.8) is 0 Å². The normalized spacial score (nSPS) is 13.4. The van der Waals surface area contributed by atoms with Gasteiger partial charge in [0.05, 0.1) is 6.20 Å². The van der Waals surface area contributed by atoms with E-state index in [4.69, 9.17) is 0 Å². The molecule has 1 aliphatic rings. The molecule has 7 nitrogen and oxygen atoms in total. The Labute approximate surface area is 195 Å². The fourth-order valence-corrected chi connectivity index (χ4v) is 3.73. The molecule has 1 N–H and O–H groups in total. The van der Waals surface area contributed by atoms with Gasteiger partial charge in [-0.05, 0) is 54.9 Å². The molecule has 4 aromatic rings. The second-order valence-electron chi connectivity index (χ2n) is 8.46. The van der Waals surface area contributed by atoms with Crippen LogP contribution in [0.5, 0.6) is 0 Å². The number of hydrogen-bond acceptors (Lipinski definition) is 6.